The minimum atomic E-state index is -0.323. The molecule has 1 aliphatic heterocycles. The fourth-order valence-corrected chi connectivity index (χ4v) is 3.04. The van der Waals surface area contributed by atoms with Crippen molar-refractivity contribution in [2.75, 3.05) is 39.3 Å². The van der Waals surface area contributed by atoms with Crippen molar-refractivity contribution >= 4 is 5.91 Å². The number of piperidine rings is 1. The second kappa shape index (κ2) is 8.87. The van der Waals surface area contributed by atoms with E-state index in [0.29, 0.717) is 12.4 Å². The van der Waals surface area contributed by atoms with Crippen LogP contribution in [0.2, 0.25) is 0 Å². The lowest BCUT2D eigenvalue weighted by atomic mass is 9.95. The molecule has 1 fully saturated rings. The first kappa shape index (κ1) is 17.7. The molecule has 0 radical (unpaired) electrons. The van der Waals surface area contributed by atoms with Crippen molar-refractivity contribution in [2.45, 2.75) is 26.7 Å². The minimum Gasteiger partial charge on any atom is -0.489 e. The summed E-state index contributed by atoms with van der Waals surface area (Å²) >= 11 is 0. The molecule has 1 aromatic carbocycles. The van der Waals surface area contributed by atoms with Gasteiger partial charge in [0.05, 0.1) is 0 Å². The van der Waals surface area contributed by atoms with Crippen LogP contribution in [-0.2, 0) is 4.79 Å². The second-order valence-corrected chi connectivity index (χ2v) is 5.91. The summed E-state index contributed by atoms with van der Waals surface area (Å²) in [7, 11) is 0. The first-order valence-electron chi connectivity index (χ1n) is 8.54. The van der Waals surface area contributed by atoms with Crippen molar-refractivity contribution < 1.29 is 13.9 Å². The Labute approximate surface area is 138 Å². The van der Waals surface area contributed by atoms with Crippen LogP contribution in [0.1, 0.15) is 26.7 Å². The Hall–Kier alpha value is -1.62. The molecule has 0 atom stereocenters. The zero-order valence-corrected chi connectivity index (χ0v) is 14.1. The number of carbonyl (C=O) groups excluding carboxylic acids is 1. The van der Waals surface area contributed by atoms with E-state index in [-0.39, 0.29) is 17.6 Å². The van der Waals surface area contributed by atoms with Gasteiger partial charge in [0.2, 0.25) is 5.91 Å². The average molecular weight is 322 g/mol. The van der Waals surface area contributed by atoms with Crippen LogP contribution in [0.3, 0.4) is 0 Å². The van der Waals surface area contributed by atoms with E-state index in [9.17, 15) is 9.18 Å². The minimum absolute atomic E-state index is 0.152. The fourth-order valence-electron chi connectivity index (χ4n) is 3.04. The molecule has 1 aliphatic rings. The molecule has 0 bridgehead atoms. The van der Waals surface area contributed by atoms with E-state index in [2.05, 4.69) is 4.90 Å². The lowest BCUT2D eigenvalue weighted by Gasteiger charge is -2.33. The van der Waals surface area contributed by atoms with Crippen molar-refractivity contribution in [2.24, 2.45) is 5.92 Å². The quantitative estimate of drug-likeness (QED) is 0.774. The van der Waals surface area contributed by atoms with E-state index in [1.54, 1.807) is 18.2 Å². The van der Waals surface area contributed by atoms with Crippen LogP contribution < -0.4 is 4.74 Å². The SMILES string of the molecule is CCN(CC)C(=O)C1CCN(CCOc2ccccc2F)CC1. The van der Waals surface area contributed by atoms with E-state index in [1.165, 1.54) is 6.07 Å². The van der Waals surface area contributed by atoms with E-state index >= 15 is 0 Å². The molecular weight excluding hydrogens is 295 g/mol. The highest BCUT2D eigenvalue weighted by molar-refractivity contribution is 5.78. The maximum Gasteiger partial charge on any atom is 0.225 e. The third-order valence-corrected chi connectivity index (χ3v) is 4.51. The predicted molar refractivity (Wildman–Crippen MR) is 89.0 cm³/mol. The van der Waals surface area contributed by atoms with Crippen LogP contribution in [-0.4, -0.2) is 55.0 Å². The van der Waals surface area contributed by atoms with Gasteiger partial charge in [0, 0.05) is 25.6 Å². The van der Waals surface area contributed by atoms with Crippen LogP contribution in [0.5, 0.6) is 5.75 Å². The zero-order chi connectivity index (χ0) is 16.7. The molecule has 0 N–H and O–H groups in total. The number of halogens is 1. The Morgan fingerprint density at radius 3 is 2.52 bits per heavy atom. The molecule has 23 heavy (non-hydrogen) atoms. The normalized spacial score (nSPS) is 16.3. The summed E-state index contributed by atoms with van der Waals surface area (Å²) < 4.78 is 19.0. The Morgan fingerprint density at radius 2 is 1.91 bits per heavy atom. The van der Waals surface area contributed by atoms with Crippen LogP contribution in [0, 0.1) is 11.7 Å². The molecule has 5 heteroatoms. The Morgan fingerprint density at radius 1 is 1.26 bits per heavy atom. The highest BCUT2D eigenvalue weighted by Crippen LogP contribution is 2.20. The van der Waals surface area contributed by atoms with Gasteiger partial charge in [-0.3, -0.25) is 9.69 Å². The van der Waals surface area contributed by atoms with Crippen molar-refractivity contribution in [3.05, 3.63) is 30.1 Å². The van der Waals surface area contributed by atoms with Gasteiger partial charge in [-0.2, -0.15) is 0 Å². The largest absolute Gasteiger partial charge is 0.489 e. The summed E-state index contributed by atoms with van der Waals surface area (Å²) in [6.07, 6.45) is 1.80. The number of hydrogen-bond donors (Lipinski definition) is 0. The molecular formula is C18H27FN2O2. The van der Waals surface area contributed by atoms with Gasteiger partial charge in [-0.15, -0.1) is 0 Å². The third-order valence-electron chi connectivity index (χ3n) is 4.51. The van der Waals surface area contributed by atoms with Crippen LogP contribution >= 0.6 is 0 Å². The number of benzene rings is 1. The zero-order valence-electron chi connectivity index (χ0n) is 14.1. The average Bonchev–Trinajstić information content (AvgIpc) is 2.58. The molecule has 1 aromatic rings. The maximum atomic E-state index is 13.5. The molecule has 0 spiro atoms. The highest BCUT2D eigenvalue weighted by atomic mass is 19.1. The molecule has 2 rings (SSSR count). The number of nitrogens with zero attached hydrogens (tertiary/aromatic N) is 2. The van der Waals surface area contributed by atoms with Crippen LogP contribution in [0.15, 0.2) is 24.3 Å². The number of carbonyl (C=O) groups is 1. The molecule has 0 aliphatic carbocycles. The van der Waals surface area contributed by atoms with Gasteiger partial charge in [0.25, 0.3) is 0 Å². The summed E-state index contributed by atoms with van der Waals surface area (Å²) in [6, 6.07) is 6.46. The monoisotopic (exact) mass is 322 g/mol. The van der Waals surface area contributed by atoms with E-state index < -0.39 is 0 Å². The van der Waals surface area contributed by atoms with Gasteiger partial charge in [0.15, 0.2) is 11.6 Å². The Kier molecular flexibility index (Phi) is 6.84. The Bertz CT molecular complexity index is 498. The number of hydrogen-bond acceptors (Lipinski definition) is 3. The summed E-state index contributed by atoms with van der Waals surface area (Å²) in [6.45, 7) is 8.65. The maximum absolute atomic E-state index is 13.5. The lowest BCUT2D eigenvalue weighted by Crippen LogP contribution is -2.43. The third kappa shape index (κ3) is 4.93. The van der Waals surface area contributed by atoms with Gasteiger partial charge >= 0.3 is 0 Å². The highest BCUT2D eigenvalue weighted by Gasteiger charge is 2.27. The number of para-hydroxylation sites is 1. The van der Waals surface area contributed by atoms with Crippen molar-refractivity contribution in [1.29, 1.82) is 0 Å². The first-order chi connectivity index (χ1) is 11.2. The van der Waals surface area contributed by atoms with E-state index in [4.69, 9.17) is 4.74 Å². The summed E-state index contributed by atoms with van der Waals surface area (Å²) in [5.74, 6) is 0.422. The van der Waals surface area contributed by atoms with Crippen molar-refractivity contribution in [3.63, 3.8) is 0 Å². The van der Waals surface area contributed by atoms with Crippen LogP contribution in [0.25, 0.3) is 0 Å². The summed E-state index contributed by atoms with van der Waals surface area (Å²) in [5, 5.41) is 0. The number of ether oxygens (including phenoxy) is 1. The van der Waals surface area contributed by atoms with E-state index in [1.807, 2.05) is 18.7 Å². The number of rotatable bonds is 7. The number of amides is 1. The van der Waals surface area contributed by atoms with Crippen LogP contribution in [0.4, 0.5) is 4.39 Å². The molecule has 0 saturated carbocycles. The second-order valence-electron chi connectivity index (χ2n) is 5.91. The number of likely N-dealkylation sites (tertiary alicyclic amines) is 1. The topological polar surface area (TPSA) is 32.8 Å². The Balaban J connectivity index is 1.71. The van der Waals surface area contributed by atoms with Gasteiger partial charge in [-0.05, 0) is 51.9 Å². The van der Waals surface area contributed by atoms with Gasteiger partial charge in [0.1, 0.15) is 6.61 Å². The van der Waals surface area contributed by atoms with Crippen molar-refractivity contribution in [3.8, 4) is 5.75 Å². The van der Waals surface area contributed by atoms with Crippen molar-refractivity contribution in [1.82, 2.24) is 9.80 Å². The molecule has 1 heterocycles. The standard InChI is InChI=1S/C18H27FN2O2/c1-3-21(4-2)18(22)15-9-11-20(12-10-15)13-14-23-17-8-6-5-7-16(17)19/h5-8,15H,3-4,9-14H2,1-2H3. The van der Waals surface area contributed by atoms with Gasteiger partial charge < -0.3 is 9.64 Å². The van der Waals surface area contributed by atoms with E-state index in [0.717, 1.165) is 45.6 Å². The molecule has 128 valence electrons. The van der Waals surface area contributed by atoms with Gasteiger partial charge in [-0.1, -0.05) is 12.1 Å². The molecule has 4 nitrogen and oxygen atoms in total. The summed E-state index contributed by atoms with van der Waals surface area (Å²) in [5.41, 5.74) is 0. The summed E-state index contributed by atoms with van der Waals surface area (Å²) in [4.78, 5) is 16.5. The fraction of sp³-hybridized carbons (Fsp3) is 0.611. The first-order valence-corrected chi connectivity index (χ1v) is 8.54. The molecule has 1 saturated heterocycles. The smallest absolute Gasteiger partial charge is 0.225 e. The molecule has 1 amide bonds. The molecule has 0 aromatic heterocycles. The van der Waals surface area contributed by atoms with Gasteiger partial charge in [-0.25, -0.2) is 4.39 Å². The molecule has 0 unspecified atom stereocenters. The predicted octanol–water partition coefficient (Wildman–Crippen LogP) is 2.78. The lowest BCUT2D eigenvalue weighted by molar-refractivity contribution is -0.136.